The third-order valence-corrected chi connectivity index (χ3v) is 6.24. The summed E-state index contributed by atoms with van der Waals surface area (Å²) in [4.78, 5) is 22.3. The van der Waals surface area contributed by atoms with Crippen molar-refractivity contribution in [2.24, 2.45) is 0 Å². The summed E-state index contributed by atoms with van der Waals surface area (Å²) in [6.45, 7) is 8.53. The highest BCUT2D eigenvalue weighted by Gasteiger charge is 2.30. The minimum Gasteiger partial charge on any atom is -0.337 e. The number of rotatable bonds is 4. The van der Waals surface area contributed by atoms with Crippen LogP contribution in [0, 0.1) is 13.8 Å². The smallest absolute Gasteiger partial charge is 0.274 e. The lowest BCUT2D eigenvalue weighted by molar-refractivity contribution is 0.0785. The molecule has 7 nitrogen and oxygen atoms in total. The number of carbonyl (C=O) groups is 1. The molecule has 0 aromatic carbocycles. The van der Waals surface area contributed by atoms with Crippen LogP contribution in [-0.4, -0.2) is 61.1 Å². The van der Waals surface area contributed by atoms with Crippen LogP contribution in [0.1, 0.15) is 52.9 Å². The average molecular weight is 393 g/mol. The number of carbonyl (C=O) groups excluding carboxylic acids is 1. The Morgan fingerprint density at radius 1 is 1.17 bits per heavy atom. The zero-order valence-corrected chi connectivity index (χ0v) is 17.2. The number of nitrogens with zero attached hydrogens (tertiary/aromatic N) is 6. The minimum absolute atomic E-state index is 0.0792. The van der Waals surface area contributed by atoms with Crippen LogP contribution in [-0.2, 0) is 6.54 Å². The molecule has 2 aliphatic heterocycles. The molecule has 29 heavy (non-hydrogen) atoms. The van der Waals surface area contributed by atoms with Crippen LogP contribution in [0.2, 0.25) is 0 Å². The molecule has 0 unspecified atom stereocenters. The van der Waals surface area contributed by atoms with Gasteiger partial charge >= 0.3 is 0 Å². The highest BCUT2D eigenvalue weighted by molar-refractivity contribution is 5.94. The van der Waals surface area contributed by atoms with Gasteiger partial charge in [-0.05, 0) is 51.3 Å². The van der Waals surface area contributed by atoms with E-state index in [2.05, 4.69) is 32.1 Å². The van der Waals surface area contributed by atoms with Crippen LogP contribution < -0.4 is 0 Å². The monoisotopic (exact) mass is 392 g/mol. The second-order valence-corrected chi connectivity index (χ2v) is 8.38. The van der Waals surface area contributed by atoms with Crippen LogP contribution in [0.25, 0.3) is 5.65 Å². The first kappa shape index (κ1) is 18.4. The number of aromatic nitrogens is 4. The maximum Gasteiger partial charge on any atom is 0.274 e. The molecule has 0 radical (unpaired) electrons. The fourth-order valence-electron chi connectivity index (χ4n) is 4.82. The number of hydrogen-bond acceptors (Lipinski definition) is 4. The molecular weight excluding hydrogens is 364 g/mol. The van der Waals surface area contributed by atoms with Gasteiger partial charge in [-0.2, -0.15) is 5.10 Å². The standard InChI is InChI=1S/C22H28N6O/c1-16-13-17(2)28(24-16)18-8-12-25(14-18)15-19-21(22(29)26-9-5-6-10-26)23-20-7-3-4-11-27(19)20/h3-4,7,11,13,18H,5-6,8-10,12,14-15H2,1-2H3/t18-/m0/s1. The molecule has 5 heterocycles. The molecule has 2 saturated heterocycles. The molecule has 0 N–H and O–H groups in total. The largest absolute Gasteiger partial charge is 0.337 e. The molecule has 1 atom stereocenters. The van der Waals surface area contributed by atoms with Crippen LogP contribution >= 0.6 is 0 Å². The summed E-state index contributed by atoms with van der Waals surface area (Å²) in [5.74, 6) is 0.0792. The summed E-state index contributed by atoms with van der Waals surface area (Å²) < 4.78 is 4.25. The van der Waals surface area contributed by atoms with Crippen molar-refractivity contribution < 1.29 is 4.79 Å². The Morgan fingerprint density at radius 3 is 2.76 bits per heavy atom. The minimum atomic E-state index is 0.0792. The number of aryl methyl sites for hydroxylation is 2. The Labute approximate surface area is 170 Å². The number of pyridine rings is 1. The lowest BCUT2D eigenvalue weighted by atomic mass is 10.2. The van der Waals surface area contributed by atoms with Gasteiger partial charge in [0.2, 0.25) is 0 Å². The van der Waals surface area contributed by atoms with Crippen molar-refractivity contribution in [3.8, 4) is 0 Å². The summed E-state index contributed by atoms with van der Waals surface area (Å²) in [6, 6.07) is 8.49. The molecule has 0 saturated carbocycles. The van der Waals surface area contributed by atoms with E-state index in [-0.39, 0.29) is 5.91 Å². The molecule has 0 spiro atoms. The van der Waals surface area contributed by atoms with Crippen molar-refractivity contribution in [2.45, 2.75) is 45.7 Å². The van der Waals surface area contributed by atoms with E-state index >= 15 is 0 Å². The van der Waals surface area contributed by atoms with Crippen molar-refractivity contribution >= 4 is 11.6 Å². The molecule has 3 aromatic rings. The highest BCUT2D eigenvalue weighted by atomic mass is 16.2. The summed E-state index contributed by atoms with van der Waals surface area (Å²) in [5.41, 5.74) is 4.76. The highest BCUT2D eigenvalue weighted by Crippen LogP contribution is 2.26. The topological polar surface area (TPSA) is 58.7 Å². The van der Waals surface area contributed by atoms with Crippen molar-refractivity contribution in [1.29, 1.82) is 0 Å². The van der Waals surface area contributed by atoms with Gasteiger partial charge in [0.1, 0.15) is 5.65 Å². The van der Waals surface area contributed by atoms with Gasteiger partial charge in [-0.3, -0.25) is 14.4 Å². The maximum atomic E-state index is 13.2. The molecule has 2 aliphatic rings. The van der Waals surface area contributed by atoms with E-state index in [9.17, 15) is 4.79 Å². The first-order valence-corrected chi connectivity index (χ1v) is 10.6. The molecule has 5 rings (SSSR count). The Hall–Kier alpha value is -2.67. The Kier molecular flexibility index (Phi) is 4.62. The van der Waals surface area contributed by atoms with Gasteiger partial charge in [0.05, 0.1) is 17.4 Å². The molecule has 0 aliphatic carbocycles. The van der Waals surface area contributed by atoms with E-state index in [1.54, 1.807) is 0 Å². The predicted octanol–water partition coefficient (Wildman–Crippen LogP) is 2.83. The van der Waals surface area contributed by atoms with E-state index < -0.39 is 0 Å². The summed E-state index contributed by atoms with van der Waals surface area (Å²) >= 11 is 0. The third-order valence-electron chi connectivity index (χ3n) is 6.24. The van der Waals surface area contributed by atoms with Crippen molar-refractivity contribution in [2.75, 3.05) is 26.2 Å². The van der Waals surface area contributed by atoms with Crippen molar-refractivity contribution in [1.82, 2.24) is 29.0 Å². The number of likely N-dealkylation sites (tertiary alicyclic amines) is 2. The van der Waals surface area contributed by atoms with E-state index in [1.165, 1.54) is 5.69 Å². The fraction of sp³-hybridized carbons (Fsp3) is 0.500. The van der Waals surface area contributed by atoms with E-state index in [0.29, 0.717) is 11.7 Å². The number of hydrogen-bond donors (Lipinski definition) is 0. The molecule has 2 fully saturated rings. The predicted molar refractivity (Wildman–Crippen MR) is 111 cm³/mol. The maximum absolute atomic E-state index is 13.2. The van der Waals surface area contributed by atoms with Crippen molar-refractivity contribution in [3.05, 3.63) is 53.2 Å². The average Bonchev–Trinajstić information content (AvgIpc) is 3.49. The SMILES string of the molecule is Cc1cc(C)n([C@H]2CCN(Cc3c(C(=O)N4CCCC4)nc4ccccn34)C2)n1. The van der Waals surface area contributed by atoms with Gasteiger partial charge in [0, 0.05) is 44.6 Å². The molecule has 152 valence electrons. The molecule has 7 heteroatoms. The van der Waals surface area contributed by atoms with Gasteiger partial charge in [0.25, 0.3) is 5.91 Å². The summed E-state index contributed by atoms with van der Waals surface area (Å²) in [5, 5.41) is 4.68. The molecule has 0 bridgehead atoms. The second-order valence-electron chi connectivity index (χ2n) is 8.38. The molecule has 3 aromatic heterocycles. The van der Waals surface area contributed by atoms with Crippen molar-refractivity contribution in [3.63, 3.8) is 0 Å². The summed E-state index contributed by atoms with van der Waals surface area (Å²) in [6.07, 6.45) is 5.27. The number of amides is 1. The lowest BCUT2D eigenvalue weighted by Gasteiger charge is -2.19. The normalized spacial score (nSPS) is 20.2. The fourth-order valence-corrected chi connectivity index (χ4v) is 4.82. The van der Waals surface area contributed by atoms with Crippen LogP contribution in [0.3, 0.4) is 0 Å². The van der Waals surface area contributed by atoms with Gasteiger partial charge in [-0.1, -0.05) is 6.07 Å². The van der Waals surface area contributed by atoms with Gasteiger partial charge < -0.3 is 9.30 Å². The second kappa shape index (κ2) is 7.30. The molecular formula is C22H28N6O. The zero-order chi connectivity index (χ0) is 20.0. The van der Waals surface area contributed by atoms with Gasteiger partial charge in [-0.25, -0.2) is 4.98 Å². The van der Waals surface area contributed by atoms with E-state index in [4.69, 9.17) is 4.98 Å². The quantitative estimate of drug-likeness (QED) is 0.685. The first-order valence-electron chi connectivity index (χ1n) is 10.6. The zero-order valence-electron chi connectivity index (χ0n) is 17.2. The summed E-state index contributed by atoms with van der Waals surface area (Å²) in [7, 11) is 0. The van der Waals surface area contributed by atoms with Gasteiger partial charge in [0.15, 0.2) is 5.69 Å². The van der Waals surface area contributed by atoms with Gasteiger partial charge in [-0.15, -0.1) is 0 Å². The van der Waals surface area contributed by atoms with Crippen LogP contribution in [0.5, 0.6) is 0 Å². The first-order chi connectivity index (χ1) is 14.1. The molecule has 1 amide bonds. The Morgan fingerprint density at radius 2 is 2.00 bits per heavy atom. The Bertz CT molecular complexity index is 1040. The lowest BCUT2D eigenvalue weighted by Crippen LogP contribution is -2.30. The van der Waals surface area contributed by atoms with Crippen LogP contribution in [0.15, 0.2) is 30.5 Å². The van der Waals surface area contributed by atoms with E-state index in [0.717, 1.165) is 69.0 Å². The Balaban J connectivity index is 1.42. The third kappa shape index (κ3) is 3.33. The van der Waals surface area contributed by atoms with E-state index in [1.807, 2.05) is 36.2 Å². The number of fused-ring (bicyclic) bond motifs is 1. The number of imidazole rings is 1. The van der Waals surface area contributed by atoms with Crippen LogP contribution in [0.4, 0.5) is 0 Å².